The fourth-order valence-corrected chi connectivity index (χ4v) is 1.39. The van der Waals surface area contributed by atoms with Gasteiger partial charge in [0.15, 0.2) is 0 Å². The fourth-order valence-electron chi connectivity index (χ4n) is 0.887. The second kappa shape index (κ2) is 4.79. The summed E-state index contributed by atoms with van der Waals surface area (Å²) in [7, 11) is -3.53. The molecule has 1 aromatic heterocycles. The number of hydrogen-bond donors (Lipinski definition) is 1. The SMILES string of the molecule is C[C@H](NC(=O)CCl)c1nnc(S(C)(=O)=O)o1. The Morgan fingerprint density at radius 2 is 2.19 bits per heavy atom. The van der Waals surface area contributed by atoms with Gasteiger partial charge in [-0.15, -0.1) is 16.7 Å². The lowest BCUT2D eigenvalue weighted by atomic mass is 10.3. The molecule has 1 rings (SSSR count). The third-order valence-corrected chi connectivity index (χ3v) is 2.65. The molecule has 9 heteroatoms. The van der Waals surface area contributed by atoms with Crippen molar-refractivity contribution < 1.29 is 17.6 Å². The highest BCUT2D eigenvalue weighted by atomic mass is 35.5. The average Bonchev–Trinajstić information content (AvgIpc) is 2.65. The van der Waals surface area contributed by atoms with Gasteiger partial charge in [-0.2, -0.15) is 0 Å². The van der Waals surface area contributed by atoms with Gasteiger partial charge in [0, 0.05) is 6.26 Å². The number of carbonyl (C=O) groups excluding carboxylic acids is 1. The van der Waals surface area contributed by atoms with E-state index in [1.54, 1.807) is 6.92 Å². The molecule has 1 heterocycles. The summed E-state index contributed by atoms with van der Waals surface area (Å²) in [6, 6.07) is -0.589. The minimum Gasteiger partial charge on any atom is -0.410 e. The van der Waals surface area contributed by atoms with E-state index in [-0.39, 0.29) is 11.8 Å². The van der Waals surface area contributed by atoms with Crippen LogP contribution in [0.5, 0.6) is 0 Å². The van der Waals surface area contributed by atoms with Gasteiger partial charge in [-0.25, -0.2) is 8.42 Å². The summed E-state index contributed by atoms with van der Waals surface area (Å²) in [4.78, 5) is 10.9. The van der Waals surface area contributed by atoms with Crippen LogP contribution in [0.4, 0.5) is 0 Å². The standard InChI is InChI=1S/C7H10ClN3O4S/c1-4(9-5(12)3-8)6-10-11-7(15-6)16(2,13)14/h4H,3H2,1-2H3,(H,9,12)/t4-/m0/s1. The second-order valence-corrected chi connectivity index (χ2v) is 5.26. The number of hydrogen-bond acceptors (Lipinski definition) is 6. The summed E-state index contributed by atoms with van der Waals surface area (Å²) in [5.74, 6) is -0.593. The lowest BCUT2D eigenvalue weighted by molar-refractivity contribution is -0.119. The van der Waals surface area contributed by atoms with Gasteiger partial charge in [-0.05, 0) is 6.92 Å². The van der Waals surface area contributed by atoms with E-state index in [1.807, 2.05) is 0 Å². The van der Waals surface area contributed by atoms with Gasteiger partial charge in [0.2, 0.25) is 21.6 Å². The number of halogens is 1. The van der Waals surface area contributed by atoms with Crippen molar-refractivity contribution in [3.63, 3.8) is 0 Å². The van der Waals surface area contributed by atoms with E-state index in [9.17, 15) is 13.2 Å². The number of nitrogens with zero attached hydrogens (tertiary/aromatic N) is 2. The highest BCUT2D eigenvalue weighted by molar-refractivity contribution is 7.90. The molecule has 1 N–H and O–H groups in total. The summed E-state index contributed by atoms with van der Waals surface area (Å²) < 4.78 is 27.0. The zero-order valence-corrected chi connectivity index (χ0v) is 10.2. The molecule has 0 spiro atoms. The number of nitrogens with one attached hydrogen (secondary N) is 1. The van der Waals surface area contributed by atoms with Crippen molar-refractivity contribution in [2.45, 2.75) is 18.2 Å². The molecular weight excluding hydrogens is 258 g/mol. The second-order valence-electron chi connectivity index (χ2n) is 3.10. The smallest absolute Gasteiger partial charge is 0.335 e. The Kier molecular flexibility index (Phi) is 3.87. The predicted octanol–water partition coefficient (Wildman–Crippen LogP) is -0.111. The first kappa shape index (κ1) is 12.9. The number of carbonyl (C=O) groups is 1. The quantitative estimate of drug-likeness (QED) is 0.764. The first-order valence-electron chi connectivity index (χ1n) is 4.23. The summed E-state index contributed by atoms with van der Waals surface area (Å²) in [5.41, 5.74) is 0. The summed E-state index contributed by atoms with van der Waals surface area (Å²) in [6.07, 6.45) is 0.951. The van der Waals surface area contributed by atoms with Crippen LogP contribution >= 0.6 is 11.6 Å². The average molecular weight is 268 g/mol. The Bertz CT molecular complexity index is 484. The van der Waals surface area contributed by atoms with E-state index in [0.717, 1.165) is 6.26 Å². The maximum Gasteiger partial charge on any atom is 0.335 e. The van der Waals surface area contributed by atoms with Gasteiger partial charge in [-0.1, -0.05) is 5.10 Å². The minimum atomic E-state index is -3.53. The predicted molar refractivity (Wildman–Crippen MR) is 54.7 cm³/mol. The zero-order chi connectivity index (χ0) is 12.3. The van der Waals surface area contributed by atoms with Crippen LogP contribution in [0.1, 0.15) is 18.9 Å². The van der Waals surface area contributed by atoms with Gasteiger partial charge < -0.3 is 9.73 Å². The maximum atomic E-state index is 11.0. The highest BCUT2D eigenvalue weighted by Crippen LogP contribution is 2.13. The molecule has 0 aliphatic carbocycles. The maximum absolute atomic E-state index is 11.0. The molecule has 0 aliphatic rings. The molecule has 1 atom stereocenters. The Morgan fingerprint density at radius 1 is 1.56 bits per heavy atom. The van der Waals surface area contributed by atoms with E-state index >= 15 is 0 Å². The van der Waals surface area contributed by atoms with Crippen LogP contribution in [0.3, 0.4) is 0 Å². The molecular formula is C7H10ClN3O4S. The van der Waals surface area contributed by atoms with Crippen molar-refractivity contribution in [2.24, 2.45) is 0 Å². The number of alkyl halides is 1. The number of rotatable bonds is 4. The van der Waals surface area contributed by atoms with Crippen LogP contribution in [0.2, 0.25) is 0 Å². The summed E-state index contributed by atoms with van der Waals surface area (Å²) in [6.45, 7) is 1.57. The van der Waals surface area contributed by atoms with Crippen molar-refractivity contribution in [2.75, 3.05) is 12.1 Å². The van der Waals surface area contributed by atoms with Crippen LogP contribution in [0, 0.1) is 0 Å². The Labute approximate surface area is 97.1 Å². The van der Waals surface area contributed by atoms with Gasteiger partial charge in [0.1, 0.15) is 11.9 Å². The monoisotopic (exact) mass is 267 g/mol. The van der Waals surface area contributed by atoms with Crippen molar-refractivity contribution in [3.8, 4) is 0 Å². The van der Waals surface area contributed by atoms with Gasteiger partial charge in [0.05, 0.1) is 0 Å². The van der Waals surface area contributed by atoms with E-state index in [1.165, 1.54) is 0 Å². The minimum absolute atomic E-state index is 0.0129. The molecule has 0 aromatic carbocycles. The molecule has 7 nitrogen and oxygen atoms in total. The summed E-state index contributed by atoms with van der Waals surface area (Å²) >= 11 is 5.29. The molecule has 0 saturated carbocycles. The Hall–Kier alpha value is -1.15. The van der Waals surface area contributed by atoms with Crippen LogP contribution in [-0.4, -0.2) is 36.7 Å². The van der Waals surface area contributed by atoms with E-state index in [2.05, 4.69) is 15.5 Å². The van der Waals surface area contributed by atoms with Crippen LogP contribution < -0.4 is 5.32 Å². The third-order valence-electron chi connectivity index (χ3n) is 1.61. The molecule has 0 aliphatic heterocycles. The number of aromatic nitrogens is 2. The van der Waals surface area contributed by atoms with Crippen molar-refractivity contribution in [1.82, 2.24) is 15.5 Å². The molecule has 90 valence electrons. The van der Waals surface area contributed by atoms with E-state index in [4.69, 9.17) is 16.0 Å². The number of sulfone groups is 1. The fraction of sp³-hybridized carbons (Fsp3) is 0.571. The summed E-state index contributed by atoms with van der Waals surface area (Å²) in [5, 5.41) is 8.84. The van der Waals surface area contributed by atoms with Crippen molar-refractivity contribution in [3.05, 3.63) is 5.89 Å². The molecule has 0 saturated heterocycles. The molecule has 16 heavy (non-hydrogen) atoms. The van der Waals surface area contributed by atoms with Gasteiger partial charge in [-0.3, -0.25) is 4.79 Å². The first-order valence-corrected chi connectivity index (χ1v) is 6.66. The largest absolute Gasteiger partial charge is 0.410 e. The van der Waals surface area contributed by atoms with Gasteiger partial charge >= 0.3 is 5.22 Å². The number of amides is 1. The van der Waals surface area contributed by atoms with Crippen molar-refractivity contribution >= 4 is 27.3 Å². The molecule has 0 unspecified atom stereocenters. The molecule has 0 radical (unpaired) electrons. The first-order chi connectivity index (χ1) is 7.34. The lowest BCUT2D eigenvalue weighted by Crippen LogP contribution is -2.27. The lowest BCUT2D eigenvalue weighted by Gasteiger charge is -2.07. The third kappa shape index (κ3) is 3.17. The highest BCUT2D eigenvalue weighted by Gasteiger charge is 2.20. The van der Waals surface area contributed by atoms with Crippen LogP contribution in [0.25, 0.3) is 0 Å². The van der Waals surface area contributed by atoms with Crippen LogP contribution in [-0.2, 0) is 14.6 Å². The Balaban J connectivity index is 2.82. The topological polar surface area (TPSA) is 102 Å². The van der Waals surface area contributed by atoms with Gasteiger partial charge in [0.25, 0.3) is 0 Å². The molecule has 1 amide bonds. The molecule has 0 bridgehead atoms. The molecule has 0 fully saturated rings. The zero-order valence-electron chi connectivity index (χ0n) is 8.60. The molecule has 1 aromatic rings. The van der Waals surface area contributed by atoms with Crippen LogP contribution in [0.15, 0.2) is 9.64 Å². The Morgan fingerprint density at radius 3 is 2.62 bits per heavy atom. The van der Waals surface area contributed by atoms with E-state index < -0.39 is 27.0 Å². The van der Waals surface area contributed by atoms with Crippen molar-refractivity contribution in [1.29, 1.82) is 0 Å². The van der Waals surface area contributed by atoms with E-state index in [0.29, 0.717) is 0 Å². The normalized spacial score (nSPS) is 13.4.